The molecular weight excluding hydrogens is 434 g/mol. The zero-order valence-electron chi connectivity index (χ0n) is 16.0. The van der Waals surface area contributed by atoms with Gasteiger partial charge in [-0.15, -0.1) is 10.2 Å². The van der Waals surface area contributed by atoms with Crippen molar-refractivity contribution in [2.75, 3.05) is 0 Å². The van der Waals surface area contributed by atoms with Crippen LogP contribution in [0.15, 0.2) is 80.7 Å². The maximum atomic E-state index is 12.9. The average molecular weight is 448 g/mol. The minimum absolute atomic E-state index is 0.230. The first kappa shape index (κ1) is 19.4. The summed E-state index contributed by atoms with van der Waals surface area (Å²) in [7, 11) is 0. The third-order valence-electron chi connectivity index (χ3n) is 4.76. The Morgan fingerprint density at radius 1 is 0.935 bits per heavy atom. The molecule has 0 amide bonds. The van der Waals surface area contributed by atoms with Crippen molar-refractivity contribution in [1.29, 1.82) is 0 Å². The minimum atomic E-state index is -0.448. The molecule has 0 radical (unpaired) electrons. The number of rotatable bonds is 4. The topological polar surface area (TPSA) is 77.5 Å². The SMILES string of the molecule is O=c1c(Cc2ccccc2)nnc2s/c(=C\c3ccc(-c4ccc(Cl)cc4)o3)c(=O)n12. The maximum Gasteiger partial charge on any atom is 0.283 e. The van der Waals surface area contributed by atoms with E-state index in [-0.39, 0.29) is 10.7 Å². The molecule has 0 bridgehead atoms. The van der Waals surface area contributed by atoms with Crippen molar-refractivity contribution in [3.63, 3.8) is 0 Å². The predicted octanol–water partition coefficient (Wildman–Crippen LogP) is 3.56. The highest BCUT2D eigenvalue weighted by atomic mass is 35.5. The van der Waals surface area contributed by atoms with Crippen LogP contribution in [-0.4, -0.2) is 14.6 Å². The molecule has 0 unspecified atom stereocenters. The van der Waals surface area contributed by atoms with Crippen LogP contribution in [0.4, 0.5) is 0 Å². The fraction of sp³-hybridized carbons (Fsp3) is 0.0435. The van der Waals surface area contributed by atoms with E-state index in [9.17, 15) is 9.59 Å². The number of nitrogens with zero attached hydrogens (tertiary/aromatic N) is 3. The Labute approximate surface area is 184 Å². The van der Waals surface area contributed by atoms with Gasteiger partial charge in [0.15, 0.2) is 0 Å². The number of halogens is 1. The molecule has 5 aromatic rings. The van der Waals surface area contributed by atoms with Crippen LogP contribution < -0.4 is 15.7 Å². The first-order valence-electron chi connectivity index (χ1n) is 9.41. The number of benzene rings is 2. The van der Waals surface area contributed by atoms with Crippen molar-refractivity contribution in [3.8, 4) is 11.3 Å². The molecule has 0 aliphatic heterocycles. The summed E-state index contributed by atoms with van der Waals surface area (Å²) >= 11 is 7.03. The van der Waals surface area contributed by atoms with Gasteiger partial charge in [0.05, 0.1) is 0 Å². The molecule has 3 aromatic heterocycles. The van der Waals surface area contributed by atoms with Gasteiger partial charge in [-0.1, -0.05) is 53.3 Å². The van der Waals surface area contributed by atoms with Gasteiger partial charge >= 0.3 is 0 Å². The first-order valence-corrected chi connectivity index (χ1v) is 10.6. The van der Waals surface area contributed by atoms with Crippen LogP contribution >= 0.6 is 22.9 Å². The van der Waals surface area contributed by atoms with Gasteiger partial charge in [-0.25, -0.2) is 4.40 Å². The molecule has 2 aromatic carbocycles. The van der Waals surface area contributed by atoms with Crippen LogP contribution in [-0.2, 0) is 6.42 Å². The van der Waals surface area contributed by atoms with Gasteiger partial charge in [0.25, 0.3) is 11.1 Å². The lowest BCUT2D eigenvalue weighted by Gasteiger charge is -1.99. The molecule has 3 heterocycles. The van der Waals surface area contributed by atoms with E-state index in [1.54, 1.807) is 24.3 Å². The van der Waals surface area contributed by atoms with Gasteiger partial charge in [-0.3, -0.25) is 9.59 Å². The summed E-state index contributed by atoms with van der Waals surface area (Å²) in [5.41, 5.74) is 1.15. The summed E-state index contributed by atoms with van der Waals surface area (Å²) < 4.78 is 7.26. The third kappa shape index (κ3) is 3.81. The van der Waals surface area contributed by atoms with E-state index >= 15 is 0 Å². The lowest BCUT2D eigenvalue weighted by Crippen LogP contribution is -2.33. The Hall–Kier alpha value is -3.55. The van der Waals surface area contributed by atoms with Crippen LogP contribution in [0.1, 0.15) is 17.0 Å². The number of aromatic nitrogens is 3. The van der Waals surface area contributed by atoms with Crippen LogP contribution in [0.5, 0.6) is 0 Å². The summed E-state index contributed by atoms with van der Waals surface area (Å²) in [6.45, 7) is 0. The van der Waals surface area contributed by atoms with Crippen LogP contribution in [0.2, 0.25) is 5.02 Å². The summed E-state index contributed by atoms with van der Waals surface area (Å²) in [6, 6.07) is 20.3. The number of fused-ring (bicyclic) bond motifs is 1. The third-order valence-corrected chi connectivity index (χ3v) is 5.97. The molecule has 5 rings (SSSR count). The van der Waals surface area contributed by atoms with Gasteiger partial charge in [-0.05, 0) is 42.0 Å². The number of thiazole rings is 1. The van der Waals surface area contributed by atoms with E-state index in [4.69, 9.17) is 16.0 Å². The fourth-order valence-corrected chi connectivity index (χ4v) is 4.24. The van der Waals surface area contributed by atoms with E-state index in [1.165, 1.54) is 0 Å². The standard InChI is InChI=1S/C23H14ClN3O3S/c24-16-8-6-15(7-9-16)19-11-10-17(30-19)13-20-22(29)27-21(28)18(25-26-23(27)31-20)12-14-4-2-1-3-5-14/h1-11,13H,12H2/b20-13-. The van der Waals surface area contributed by atoms with Gasteiger partial charge in [0, 0.05) is 23.1 Å². The van der Waals surface area contributed by atoms with Crippen LogP contribution in [0, 0.1) is 0 Å². The molecule has 0 aliphatic rings. The Morgan fingerprint density at radius 2 is 1.71 bits per heavy atom. The Balaban J connectivity index is 1.54. The van der Waals surface area contributed by atoms with Crippen molar-refractivity contribution >= 4 is 34.0 Å². The summed E-state index contributed by atoms with van der Waals surface area (Å²) in [5, 5.41) is 8.79. The van der Waals surface area contributed by atoms with Crippen LogP contribution in [0.25, 0.3) is 22.4 Å². The molecule has 0 saturated carbocycles. The zero-order chi connectivity index (χ0) is 21.4. The number of furan rings is 1. The molecule has 6 nitrogen and oxygen atoms in total. The van der Waals surface area contributed by atoms with Gasteiger partial charge in [0.2, 0.25) is 4.96 Å². The van der Waals surface area contributed by atoms with Gasteiger partial charge in [0.1, 0.15) is 21.7 Å². The van der Waals surface area contributed by atoms with Gasteiger partial charge < -0.3 is 4.42 Å². The van der Waals surface area contributed by atoms with Crippen molar-refractivity contribution in [2.24, 2.45) is 0 Å². The predicted molar refractivity (Wildman–Crippen MR) is 121 cm³/mol. The van der Waals surface area contributed by atoms with Crippen LogP contribution in [0.3, 0.4) is 0 Å². The molecule has 31 heavy (non-hydrogen) atoms. The molecule has 8 heteroatoms. The Bertz CT molecular complexity index is 1550. The molecule has 0 aliphatic carbocycles. The molecule has 0 spiro atoms. The van der Waals surface area contributed by atoms with E-state index in [0.29, 0.717) is 27.5 Å². The summed E-state index contributed by atoms with van der Waals surface area (Å²) in [5.74, 6) is 1.15. The number of hydrogen-bond donors (Lipinski definition) is 0. The normalized spacial score (nSPS) is 12.0. The fourth-order valence-electron chi connectivity index (χ4n) is 3.22. The second-order valence-electron chi connectivity index (χ2n) is 6.86. The van der Waals surface area contributed by atoms with Crippen molar-refractivity contribution in [2.45, 2.75) is 6.42 Å². The minimum Gasteiger partial charge on any atom is -0.457 e. The van der Waals surface area contributed by atoms with E-state index < -0.39 is 11.1 Å². The lowest BCUT2D eigenvalue weighted by molar-refractivity contribution is 0.571. The quantitative estimate of drug-likeness (QED) is 0.421. The van der Waals surface area contributed by atoms with E-state index in [2.05, 4.69) is 10.2 Å². The largest absolute Gasteiger partial charge is 0.457 e. The second kappa shape index (κ2) is 7.94. The second-order valence-corrected chi connectivity index (χ2v) is 8.30. The molecule has 0 atom stereocenters. The molecule has 0 fully saturated rings. The number of hydrogen-bond acceptors (Lipinski definition) is 6. The van der Waals surface area contributed by atoms with Crippen molar-refractivity contribution in [1.82, 2.24) is 14.6 Å². The Morgan fingerprint density at radius 3 is 2.48 bits per heavy atom. The molecule has 152 valence electrons. The highest BCUT2D eigenvalue weighted by molar-refractivity contribution is 7.15. The van der Waals surface area contributed by atoms with Crippen molar-refractivity contribution < 1.29 is 4.42 Å². The Kier molecular flexibility index (Phi) is 4.97. The lowest BCUT2D eigenvalue weighted by atomic mass is 10.1. The average Bonchev–Trinajstić information content (AvgIpc) is 3.37. The van der Waals surface area contributed by atoms with E-state index in [1.807, 2.05) is 48.5 Å². The first-order chi connectivity index (χ1) is 15.1. The molecular formula is C23H14ClN3O3S. The van der Waals surface area contributed by atoms with Crippen molar-refractivity contribution in [3.05, 3.63) is 114 Å². The summed E-state index contributed by atoms with van der Waals surface area (Å²) in [6.07, 6.45) is 1.92. The monoisotopic (exact) mass is 447 g/mol. The smallest absolute Gasteiger partial charge is 0.283 e. The summed E-state index contributed by atoms with van der Waals surface area (Å²) in [4.78, 5) is 26.0. The van der Waals surface area contributed by atoms with Gasteiger partial charge in [-0.2, -0.15) is 0 Å². The highest BCUT2D eigenvalue weighted by Crippen LogP contribution is 2.24. The highest BCUT2D eigenvalue weighted by Gasteiger charge is 2.13. The molecule has 0 saturated heterocycles. The maximum absolute atomic E-state index is 12.9. The molecule has 0 N–H and O–H groups in total. The van der Waals surface area contributed by atoms with E-state index in [0.717, 1.165) is 26.9 Å². The zero-order valence-corrected chi connectivity index (χ0v) is 17.6.